The summed E-state index contributed by atoms with van der Waals surface area (Å²) in [5.74, 6) is -15.1. The second kappa shape index (κ2) is 24.4. The van der Waals surface area contributed by atoms with Crippen LogP contribution in [0.1, 0.15) is 82.1 Å². The van der Waals surface area contributed by atoms with Crippen LogP contribution in [0.3, 0.4) is 0 Å². The number of carbonyl (C=O) groups excluding carboxylic acids is 6. The maximum atomic E-state index is 15.9. The van der Waals surface area contributed by atoms with Gasteiger partial charge in [-0.3, -0.25) is 28.8 Å². The summed E-state index contributed by atoms with van der Waals surface area (Å²) in [6, 6.07) is 8.75. The number of aromatic hydroxyl groups is 4. The summed E-state index contributed by atoms with van der Waals surface area (Å²) in [6.07, 6.45) is -2.46. The third-order valence-corrected chi connectivity index (χ3v) is 16.3. The summed E-state index contributed by atoms with van der Waals surface area (Å²) in [5, 5.41) is 82.2. The van der Waals surface area contributed by atoms with Gasteiger partial charge in [0.25, 0.3) is 11.0 Å². The van der Waals surface area contributed by atoms with E-state index in [-0.39, 0.29) is 90.3 Å². The molecule has 7 aromatic rings. The monoisotopic (exact) mass is 1310 g/mol. The Morgan fingerprint density at radius 1 is 0.567 bits per heavy atom. The van der Waals surface area contributed by atoms with Crippen LogP contribution in [0, 0.1) is 0 Å². The molecule has 6 amide bonds. The van der Waals surface area contributed by atoms with E-state index in [2.05, 4.69) is 31.9 Å². The lowest BCUT2D eigenvalue weighted by molar-refractivity contribution is -0.143. The molecule has 8 atom stereocenters. The van der Waals surface area contributed by atoms with Gasteiger partial charge in [-0.2, -0.15) is 8.42 Å². The van der Waals surface area contributed by atoms with Gasteiger partial charge in [-0.15, -0.1) is 0 Å². The highest BCUT2D eigenvalue weighted by atomic mass is 35.5. The molecule has 0 radical (unpaired) electrons. The van der Waals surface area contributed by atoms with Gasteiger partial charge < -0.3 is 85.7 Å². The third kappa shape index (κ3) is 12.1. The fourth-order valence-corrected chi connectivity index (χ4v) is 11.7. The van der Waals surface area contributed by atoms with E-state index in [9.17, 15) is 53.4 Å². The molecule has 0 fully saturated rings. The van der Waals surface area contributed by atoms with Crippen LogP contribution in [0.25, 0.3) is 11.1 Å². The van der Waals surface area contributed by atoms with Gasteiger partial charge in [-0.25, -0.2) is 4.79 Å². The molecule has 13 rings (SSSR count). The van der Waals surface area contributed by atoms with E-state index in [1.165, 1.54) is 80.8 Å². The topological polar surface area (TPSA) is 393 Å². The highest BCUT2D eigenvalue weighted by Gasteiger charge is 2.42. The van der Waals surface area contributed by atoms with Gasteiger partial charge in [0.2, 0.25) is 41.2 Å². The maximum Gasteiger partial charge on any atom is 0.330 e. The van der Waals surface area contributed by atoms with Crippen molar-refractivity contribution in [3.63, 3.8) is 0 Å². The molecule has 6 heterocycles. The molecule has 0 aliphatic carbocycles. The maximum absolute atomic E-state index is 15.9. The minimum atomic E-state index is -3.55. The van der Waals surface area contributed by atoms with Crippen molar-refractivity contribution < 1.29 is 95.7 Å². The van der Waals surface area contributed by atoms with Crippen LogP contribution in [0.2, 0.25) is 15.1 Å². The Morgan fingerprint density at radius 2 is 1.14 bits per heavy atom. The number of thiol groups is 1. The molecule has 7 aromatic carbocycles. The number of carbonyl (C=O) groups is 7. The molecule has 30 heteroatoms. The van der Waals surface area contributed by atoms with Crippen molar-refractivity contribution >= 4 is 87.2 Å². The zero-order valence-corrected chi connectivity index (χ0v) is 49.4. The molecule has 0 spiro atoms. The van der Waals surface area contributed by atoms with Crippen molar-refractivity contribution in [3.8, 4) is 80.1 Å². The molecule has 26 nitrogen and oxygen atoms in total. The number of halogens is 3. The minimum absolute atomic E-state index is 0.0710. The average molecular weight is 1310 g/mol. The van der Waals surface area contributed by atoms with Crippen molar-refractivity contribution in [2.24, 2.45) is 0 Å². The Balaban J connectivity index is 1.16. The first-order valence-electron chi connectivity index (χ1n) is 26.8. The largest absolute Gasteiger partial charge is 0.508 e. The molecular weight excluding hydrogens is 1260 g/mol. The van der Waals surface area contributed by atoms with Gasteiger partial charge in [-0.1, -0.05) is 53.0 Å². The zero-order valence-electron chi connectivity index (χ0n) is 46.2. The standard InChI is InChI=1S/C60H47Cl3N6O20S/c1-22-24-4-8-41(89-90(83)84)42(16-24)86-31-12-26(11-29(70)19-31)46-56(77)67-48-28-17-43(87-39-6-3-23(9-34(39)61)10-37(55(76)65-46)64-54(22)75)53(85-2)44(18-28)88-40-7-5-25(14-35(40)62)51(73)50-59(80)68-49(60(81)82)32-20-30(71)21-38(72)45(32)33-13-27(15-36(63)52(33)74)47(58(79)69-50)66-57(48)78/h3-9,11-22,37,46-51,70-74,90H,10H2,1-2H3,(H,64,75)(H,65,76)(H,66,78)(H,67,77)(H,68,80)(H,69,79)(H,81,82)/t22-,37-,46+,47-,48-,49+,50-,51-/m1/s1. The molecule has 0 unspecified atom stereocenters. The van der Waals surface area contributed by atoms with E-state index in [1.54, 1.807) is 0 Å². The lowest BCUT2D eigenvalue weighted by Gasteiger charge is -2.31. The van der Waals surface area contributed by atoms with Gasteiger partial charge in [0.05, 0.1) is 28.1 Å². The number of rotatable bonds is 4. The first kappa shape index (κ1) is 61.5. The number of phenolic OH excluding ortho intramolecular Hbond substituents is 4. The van der Waals surface area contributed by atoms with E-state index < -0.39 is 145 Å². The highest BCUT2D eigenvalue weighted by Crippen LogP contribution is 2.49. The van der Waals surface area contributed by atoms with Crippen LogP contribution in [-0.4, -0.2) is 99.7 Å². The molecule has 90 heavy (non-hydrogen) atoms. The number of carboxylic acid groups (broad SMARTS) is 1. The highest BCUT2D eigenvalue weighted by molar-refractivity contribution is 7.67. The summed E-state index contributed by atoms with van der Waals surface area (Å²) in [6.45, 7) is 1.48. The number of ether oxygens (including phenoxy) is 4. The number of benzene rings is 7. The minimum Gasteiger partial charge on any atom is -0.508 e. The van der Waals surface area contributed by atoms with Crippen LogP contribution < -0.4 is 55.0 Å². The predicted molar refractivity (Wildman–Crippen MR) is 316 cm³/mol. The third-order valence-electron chi connectivity index (χ3n) is 15.1. The summed E-state index contributed by atoms with van der Waals surface area (Å²) < 4.78 is 53.7. The molecule has 12 N–H and O–H groups in total. The number of hydrogen-bond donors (Lipinski definition) is 13. The van der Waals surface area contributed by atoms with Crippen LogP contribution in [0.4, 0.5) is 0 Å². The quantitative estimate of drug-likeness (QED) is 0.0866. The number of methoxy groups -OCH3 is 1. The van der Waals surface area contributed by atoms with E-state index in [4.69, 9.17) is 57.9 Å². The van der Waals surface area contributed by atoms with Crippen LogP contribution in [0.15, 0.2) is 109 Å². The Morgan fingerprint density at radius 3 is 1.78 bits per heavy atom. The molecule has 6 aliphatic heterocycles. The number of aliphatic carboxylic acids is 1. The number of fused-ring (bicyclic) bond motifs is 14. The normalized spacial score (nSPS) is 21.5. The van der Waals surface area contributed by atoms with Crippen molar-refractivity contribution in [2.75, 3.05) is 7.11 Å². The van der Waals surface area contributed by atoms with Gasteiger partial charge in [-0.05, 0) is 119 Å². The van der Waals surface area contributed by atoms with E-state index in [1.807, 2.05) is 0 Å². The summed E-state index contributed by atoms with van der Waals surface area (Å²) in [7, 11) is -2.32. The van der Waals surface area contributed by atoms with Gasteiger partial charge in [0, 0.05) is 35.2 Å². The molecule has 0 saturated carbocycles. The Hall–Kier alpha value is -10.2. The lowest BCUT2D eigenvalue weighted by atomic mass is 9.89. The van der Waals surface area contributed by atoms with Crippen molar-refractivity contribution in [2.45, 2.75) is 61.6 Å². The Labute approximate surface area is 524 Å². The van der Waals surface area contributed by atoms with Crippen LogP contribution >= 0.6 is 34.8 Å². The number of aliphatic hydroxyl groups is 1. The van der Waals surface area contributed by atoms with Crippen LogP contribution in [-0.2, 0) is 51.0 Å². The molecular formula is C60H47Cl3N6O20S. The number of hydrogen-bond acceptors (Lipinski definition) is 19. The lowest BCUT2D eigenvalue weighted by Crippen LogP contribution is -2.55. The van der Waals surface area contributed by atoms with Gasteiger partial charge >= 0.3 is 5.97 Å². The molecule has 464 valence electrons. The van der Waals surface area contributed by atoms with Crippen LogP contribution in [0.5, 0.6) is 69.0 Å². The summed E-state index contributed by atoms with van der Waals surface area (Å²) in [4.78, 5) is 104. The zero-order chi connectivity index (χ0) is 64.3. The smallest absolute Gasteiger partial charge is 0.330 e. The van der Waals surface area contributed by atoms with Crippen molar-refractivity contribution in [1.82, 2.24) is 31.9 Å². The predicted octanol–water partition coefficient (Wildman–Crippen LogP) is 6.24. The second-order valence-electron chi connectivity index (χ2n) is 20.9. The number of amides is 6. The van der Waals surface area contributed by atoms with E-state index >= 15 is 19.2 Å². The van der Waals surface area contributed by atoms with Gasteiger partial charge in [0.15, 0.2) is 29.0 Å². The average Bonchev–Trinajstić information content (AvgIpc) is 1.06. The van der Waals surface area contributed by atoms with Crippen molar-refractivity contribution in [1.29, 1.82) is 0 Å². The fourth-order valence-electron chi connectivity index (χ4n) is 10.7. The molecule has 0 saturated heterocycles. The molecule has 6 aliphatic rings. The number of carboxylic acids is 1. The van der Waals surface area contributed by atoms with Gasteiger partial charge in [0.1, 0.15) is 76.6 Å². The Bertz CT molecular complexity index is 4310. The van der Waals surface area contributed by atoms with E-state index in [0.717, 1.165) is 42.5 Å². The first-order valence-corrected chi connectivity index (χ1v) is 29.0. The molecule has 0 aromatic heterocycles. The summed E-state index contributed by atoms with van der Waals surface area (Å²) in [5.41, 5.74) is -2.20. The van der Waals surface area contributed by atoms with Crippen molar-refractivity contribution in [3.05, 3.63) is 163 Å². The number of phenols is 4. The number of aliphatic hydroxyl groups excluding tert-OH is 1. The van der Waals surface area contributed by atoms with E-state index in [0.29, 0.717) is 5.56 Å². The fraction of sp³-hybridized carbons (Fsp3) is 0.183. The summed E-state index contributed by atoms with van der Waals surface area (Å²) >= 11 is 20.6. The number of nitrogens with one attached hydrogen (secondary N) is 6. The Kier molecular flexibility index (Phi) is 16.7. The first-order chi connectivity index (χ1) is 42.8. The SMILES string of the molecule is COc1c2cc3cc1Oc1ccc(cc1Cl)[C@@H](O)[C@H]1NC(=O)[C@H](NC(=O)[C@@H]3NC(=O)[C@H]3NC(=O)[C@@H](Cc4ccc(c(Cl)c4)O2)NC(=O)[C@H](C)c2ccc(O[SH](=O)=O)c(c2)Oc2cc(O)cc3c2)c2cc(Cl)c(O)c(c2)-c2c(O)cc(O)cc2[C@@H](C(=O)O)NC1=O. The second-order valence-corrected chi connectivity index (χ2v) is 22.8. The molecule has 17 bridgehead atoms.